The predicted molar refractivity (Wildman–Crippen MR) is 97.8 cm³/mol. The van der Waals surface area contributed by atoms with Gasteiger partial charge in [0, 0.05) is 13.1 Å². The molecule has 1 atom stereocenters. The highest BCUT2D eigenvalue weighted by Crippen LogP contribution is 2.52. The van der Waals surface area contributed by atoms with E-state index in [1.165, 1.54) is 0 Å². The minimum absolute atomic E-state index is 0.514. The summed E-state index contributed by atoms with van der Waals surface area (Å²) in [7, 11) is -4.94. The third-order valence-corrected chi connectivity index (χ3v) is 15.1. The molecule has 0 radical (unpaired) electrons. The molecule has 0 spiro atoms. The van der Waals surface area contributed by atoms with Crippen LogP contribution in [0.3, 0.4) is 0 Å². The molecule has 6 heteroatoms. The van der Waals surface area contributed by atoms with Gasteiger partial charge in [-0.05, 0) is 11.8 Å². The zero-order valence-corrected chi connectivity index (χ0v) is 18.2. The van der Waals surface area contributed by atoms with Crippen LogP contribution in [0, 0.1) is 11.8 Å². The molecular formula is C14H36FN2PSi2. The molecule has 0 aliphatic carbocycles. The summed E-state index contributed by atoms with van der Waals surface area (Å²) in [5.41, 5.74) is 0. The van der Waals surface area contributed by atoms with E-state index in [-0.39, 0.29) is 0 Å². The van der Waals surface area contributed by atoms with E-state index in [2.05, 4.69) is 75.6 Å². The summed E-state index contributed by atoms with van der Waals surface area (Å²) in [5.74, 6) is 1.03. The van der Waals surface area contributed by atoms with Crippen molar-refractivity contribution >= 4 is 25.0 Å². The second-order valence-corrected chi connectivity index (χ2v) is 20.8. The molecular weight excluding hydrogens is 302 g/mol. The summed E-state index contributed by atoms with van der Waals surface area (Å²) in [4.78, 5) is 0. The van der Waals surface area contributed by atoms with Crippen LogP contribution in [0.25, 0.3) is 0 Å². The van der Waals surface area contributed by atoms with Crippen molar-refractivity contribution < 1.29 is 4.20 Å². The first-order chi connectivity index (χ1) is 8.76. The minimum Gasteiger partial charge on any atom is -0.287 e. The van der Waals surface area contributed by atoms with E-state index in [9.17, 15) is 0 Å². The topological polar surface area (TPSA) is 6.48 Å². The molecule has 0 saturated carbocycles. The van der Waals surface area contributed by atoms with Gasteiger partial charge in [0.2, 0.25) is 8.53 Å². The third kappa shape index (κ3) is 7.12. The van der Waals surface area contributed by atoms with Crippen molar-refractivity contribution in [3.8, 4) is 0 Å². The fraction of sp³-hybridized carbons (Fsp3) is 1.00. The summed E-state index contributed by atoms with van der Waals surface area (Å²) in [6.07, 6.45) is 0. The number of hydrogen-bond donors (Lipinski definition) is 0. The molecule has 0 saturated heterocycles. The van der Waals surface area contributed by atoms with Crippen LogP contribution < -0.4 is 0 Å². The van der Waals surface area contributed by atoms with Crippen LogP contribution in [-0.2, 0) is 0 Å². The smallest absolute Gasteiger partial charge is 0.223 e. The SMILES string of the molecule is CC(C)CN(CC(C)C)P(F)N([Si](C)(C)C)[Si](C)(C)C. The number of nitrogens with zero attached hydrogens (tertiary/aromatic N) is 2. The average molecular weight is 339 g/mol. The van der Waals surface area contributed by atoms with Crippen LogP contribution in [0.15, 0.2) is 0 Å². The summed E-state index contributed by atoms with van der Waals surface area (Å²) < 4.78 is 19.9. The van der Waals surface area contributed by atoms with Crippen molar-refractivity contribution in [2.75, 3.05) is 13.1 Å². The maximum absolute atomic E-state index is 15.4. The van der Waals surface area contributed by atoms with E-state index < -0.39 is 25.0 Å². The largest absolute Gasteiger partial charge is 0.287 e. The second kappa shape index (κ2) is 7.82. The number of hydrogen-bond acceptors (Lipinski definition) is 2. The highest BCUT2D eigenvalue weighted by atomic mass is 31.2. The molecule has 0 aliphatic heterocycles. The van der Waals surface area contributed by atoms with E-state index in [4.69, 9.17) is 0 Å². The van der Waals surface area contributed by atoms with Crippen molar-refractivity contribution in [2.24, 2.45) is 11.8 Å². The Morgan fingerprint density at radius 2 is 1.10 bits per heavy atom. The fourth-order valence-corrected chi connectivity index (χ4v) is 16.6. The molecule has 0 rings (SSSR count). The number of halogens is 1. The maximum atomic E-state index is 15.4. The Balaban J connectivity index is 5.30. The van der Waals surface area contributed by atoms with E-state index in [0.717, 1.165) is 13.1 Å². The first-order valence-corrected chi connectivity index (χ1v) is 15.8. The zero-order chi connectivity index (χ0) is 16.3. The van der Waals surface area contributed by atoms with E-state index in [1.54, 1.807) is 0 Å². The van der Waals surface area contributed by atoms with E-state index >= 15 is 4.20 Å². The fourth-order valence-electron chi connectivity index (χ4n) is 2.68. The molecule has 0 aliphatic rings. The Morgan fingerprint density at radius 3 is 1.30 bits per heavy atom. The molecule has 0 aromatic carbocycles. The molecule has 1 unspecified atom stereocenters. The molecule has 20 heavy (non-hydrogen) atoms. The summed E-state index contributed by atoms with van der Waals surface area (Å²) in [5, 5.41) is 0. The van der Waals surface area contributed by atoms with Gasteiger partial charge in [-0.25, -0.2) is 4.67 Å². The van der Waals surface area contributed by atoms with Crippen molar-refractivity contribution in [3.05, 3.63) is 0 Å². The Bertz CT molecular complexity index is 264. The van der Waals surface area contributed by atoms with Gasteiger partial charge in [0.15, 0.2) is 0 Å². The van der Waals surface area contributed by atoms with E-state index in [1.807, 2.05) is 0 Å². The van der Waals surface area contributed by atoms with Gasteiger partial charge in [-0.15, -0.1) is 0 Å². The molecule has 2 nitrogen and oxygen atoms in total. The Kier molecular flexibility index (Phi) is 8.10. The normalized spacial score (nSPS) is 15.8. The predicted octanol–water partition coefficient (Wildman–Crippen LogP) is 5.77. The van der Waals surface area contributed by atoms with Crippen LogP contribution >= 0.6 is 8.53 Å². The minimum atomic E-state index is -1.66. The third-order valence-electron chi connectivity index (χ3n) is 2.82. The summed E-state index contributed by atoms with van der Waals surface area (Å²) in [6, 6.07) is 0. The molecule has 0 heterocycles. The quantitative estimate of drug-likeness (QED) is 0.409. The zero-order valence-electron chi connectivity index (χ0n) is 15.3. The van der Waals surface area contributed by atoms with Gasteiger partial charge in [0.1, 0.15) is 16.5 Å². The highest BCUT2D eigenvalue weighted by molar-refractivity contribution is 7.52. The lowest BCUT2D eigenvalue weighted by Crippen LogP contribution is -2.57. The van der Waals surface area contributed by atoms with Gasteiger partial charge in [-0.1, -0.05) is 67.0 Å². The Morgan fingerprint density at radius 1 is 0.800 bits per heavy atom. The van der Waals surface area contributed by atoms with Crippen molar-refractivity contribution in [1.29, 1.82) is 0 Å². The van der Waals surface area contributed by atoms with Crippen LogP contribution in [0.1, 0.15) is 27.7 Å². The molecule has 0 N–H and O–H groups in total. The molecule has 0 fully saturated rings. The lowest BCUT2D eigenvalue weighted by atomic mass is 10.2. The van der Waals surface area contributed by atoms with Crippen LogP contribution in [-0.4, -0.2) is 38.2 Å². The van der Waals surface area contributed by atoms with Crippen LogP contribution in [0.5, 0.6) is 0 Å². The van der Waals surface area contributed by atoms with E-state index in [0.29, 0.717) is 11.8 Å². The molecule has 0 aromatic rings. The summed E-state index contributed by atoms with van der Waals surface area (Å²) in [6.45, 7) is 24.2. The van der Waals surface area contributed by atoms with Crippen LogP contribution in [0.2, 0.25) is 39.3 Å². The lowest BCUT2D eigenvalue weighted by molar-refractivity contribution is 0.335. The maximum Gasteiger partial charge on any atom is 0.223 e. The summed E-state index contributed by atoms with van der Waals surface area (Å²) >= 11 is 0. The molecule has 0 aromatic heterocycles. The Hall–Kier alpha value is 0.714. The van der Waals surface area contributed by atoms with Gasteiger partial charge in [-0.2, -0.15) is 4.20 Å². The van der Waals surface area contributed by atoms with Gasteiger partial charge in [0.25, 0.3) is 0 Å². The van der Waals surface area contributed by atoms with Gasteiger partial charge in [-0.3, -0.25) is 4.00 Å². The van der Waals surface area contributed by atoms with Gasteiger partial charge in [0.05, 0.1) is 0 Å². The molecule has 0 bridgehead atoms. The van der Waals surface area contributed by atoms with Crippen molar-refractivity contribution in [2.45, 2.75) is 67.0 Å². The molecule has 122 valence electrons. The van der Waals surface area contributed by atoms with Gasteiger partial charge >= 0.3 is 0 Å². The van der Waals surface area contributed by atoms with Crippen LogP contribution in [0.4, 0.5) is 4.20 Å². The number of rotatable bonds is 8. The lowest BCUT2D eigenvalue weighted by Gasteiger charge is -2.47. The first-order valence-electron chi connectivity index (χ1n) is 7.77. The van der Waals surface area contributed by atoms with Crippen molar-refractivity contribution in [3.63, 3.8) is 0 Å². The average Bonchev–Trinajstić information content (AvgIpc) is 2.09. The molecule has 0 amide bonds. The van der Waals surface area contributed by atoms with Crippen molar-refractivity contribution in [1.82, 2.24) is 8.67 Å². The standard InChI is InChI=1S/C14H36FN2PSi2/c1-13(2)11-16(12-14(3)4)18(15)17(19(5,6)7)20(8,9)10/h13-14H,11-12H2,1-10H3. The monoisotopic (exact) mass is 338 g/mol. The highest BCUT2D eigenvalue weighted by Gasteiger charge is 2.43. The first kappa shape index (κ1) is 20.7. The second-order valence-electron chi connectivity index (χ2n) is 8.55. The van der Waals surface area contributed by atoms with Gasteiger partial charge < -0.3 is 0 Å². The Labute approximate surface area is 130 Å².